The van der Waals surface area contributed by atoms with Gasteiger partial charge in [0, 0.05) is 51.2 Å². The molecule has 2 atom stereocenters. The lowest BCUT2D eigenvalue weighted by Crippen LogP contribution is -2.44. The Kier molecular flexibility index (Phi) is 40.2. The van der Waals surface area contributed by atoms with E-state index in [0.29, 0.717) is 32.2 Å². The molecule has 4 amide bonds. The van der Waals surface area contributed by atoms with Crippen LogP contribution >= 0.6 is 0 Å². The number of carbonyl (C=O) groups excluding carboxylic acids is 6. The molecule has 0 aromatic heterocycles. The summed E-state index contributed by atoms with van der Waals surface area (Å²) >= 11 is 0. The van der Waals surface area contributed by atoms with Crippen molar-refractivity contribution in [1.82, 2.24) is 21.3 Å². The molecule has 0 aliphatic rings. The SMILES string of the molecule is CC(C)(N)C(=O)C[C@@H](CCCCNC(=O)COCCOCCNC(=O)COCCOCCNC(=O)CC[C@H](NC(=O)CCCCCCCCCCCCCCCCC(=O)O)C(O)O)C(=O)CO. The van der Waals surface area contributed by atoms with Gasteiger partial charge in [0.25, 0.3) is 0 Å². The van der Waals surface area contributed by atoms with Gasteiger partial charge in [-0.05, 0) is 46.0 Å². The summed E-state index contributed by atoms with van der Waals surface area (Å²) in [6.45, 7) is 4.18. The van der Waals surface area contributed by atoms with Gasteiger partial charge in [-0.3, -0.25) is 33.6 Å². The van der Waals surface area contributed by atoms with E-state index in [1.807, 2.05) is 0 Å². The number of Topliss-reactive ketones (excluding diaryl/α,β-unsaturated/α-hetero) is 2. The molecule has 0 aliphatic carbocycles. The van der Waals surface area contributed by atoms with E-state index in [2.05, 4.69) is 21.3 Å². The van der Waals surface area contributed by atoms with Crippen LogP contribution in [-0.2, 0) is 52.5 Å². The number of rotatable bonds is 48. The number of nitrogens with two attached hydrogens (primary N) is 1. The van der Waals surface area contributed by atoms with Crippen LogP contribution in [0.5, 0.6) is 0 Å². The fourth-order valence-electron chi connectivity index (χ4n) is 6.77. The Morgan fingerprint density at radius 2 is 0.970 bits per heavy atom. The Labute approximate surface area is 398 Å². The first kappa shape index (κ1) is 63.4. The van der Waals surface area contributed by atoms with Crippen molar-refractivity contribution in [2.24, 2.45) is 11.7 Å². The quantitative estimate of drug-likeness (QED) is 0.0312. The zero-order valence-corrected chi connectivity index (χ0v) is 40.6. The summed E-state index contributed by atoms with van der Waals surface area (Å²) in [6, 6.07) is -0.958. The van der Waals surface area contributed by atoms with Crippen LogP contribution in [0.15, 0.2) is 0 Å². The maximum Gasteiger partial charge on any atom is 0.303 e. The lowest BCUT2D eigenvalue weighted by Gasteiger charge is -2.21. The second kappa shape index (κ2) is 42.5. The van der Waals surface area contributed by atoms with Crippen molar-refractivity contribution in [1.29, 1.82) is 0 Å². The maximum atomic E-state index is 12.4. The average molecular weight is 962 g/mol. The summed E-state index contributed by atoms with van der Waals surface area (Å²) in [4.78, 5) is 83.3. The number of hydrogen-bond donors (Lipinski definition) is 9. The lowest BCUT2D eigenvalue weighted by atomic mass is 9.86. The van der Waals surface area contributed by atoms with Gasteiger partial charge < -0.3 is 66.4 Å². The van der Waals surface area contributed by atoms with Crippen molar-refractivity contribution in [3.05, 3.63) is 0 Å². The summed E-state index contributed by atoms with van der Waals surface area (Å²) in [7, 11) is 0. The van der Waals surface area contributed by atoms with E-state index in [0.717, 1.165) is 38.5 Å². The molecule has 0 unspecified atom stereocenters. The Bertz CT molecular complexity index is 1350. The van der Waals surface area contributed by atoms with Crippen molar-refractivity contribution in [2.45, 2.75) is 173 Å². The van der Waals surface area contributed by atoms with Crippen LogP contribution in [0.1, 0.15) is 155 Å². The zero-order valence-electron chi connectivity index (χ0n) is 40.6. The van der Waals surface area contributed by atoms with E-state index in [9.17, 15) is 48.9 Å². The van der Waals surface area contributed by atoms with Gasteiger partial charge in [0.15, 0.2) is 17.9 Å². The van der Waals surface area contributed by atoms with Crippen molar-refractivity contribution in [3.8, 4) is 0 Å². The van der Waals surface area contributed by atoms with Crippen LogP contribution in [0, 0.1) is 5.92 Å². The largest absolute Gasteiger partial charge is 0.481 e. The first-order chi connectivity index (χ1) is 32.1. The minimum absolute atomic E-state index is 0.0158. The molecule has 0 radical (unpaired) electrons. The van der Waals surface area contributed by atoms with E-state index in [4.69, 9.17) is 29.8 Å². The summed E-state index contributed by atoms with van der Waals surface area (Å²) in [5.41, 5.74) is 4.76. The third kappa shape index (κ3) is 41.1. The second-order valence-electron chi connectivity index (χ2n) is 17.5. The van der Waals surface area contributed by atoms with Gasteiger partial charge in [-0.1, -0.05) is 83.5 Å². The topological polar surface area (TPSA) is 311 Å². The summed E-state index contributed by atoms with van der Waals surface area (Å²) < 4.78 is 21.4. The number of carboxylic acids is 1. The first-order valence-corrected chi connectivity index (χ1v) is 24.5. The predicted molar refractivity (Wildman–Crippen MR) is 251 cm³/mol. The molecule has 67 heavy (non-hydrogen) atoms. The van der Waals surface area contributed by atoms with Gasteiger partial charge in [0.2, 0.25) is 23.6 Å². The number of aliphatic hydroxyl groups is 3. The van der Waals surface area contributed by atoms with Gasteiger partial charge >= 0.3 is 5.97 Å². The van der Waals surface area contributed by atoms with Gasteiger partial charge in [-0.15, -0.1) is 0 Å². The highest BCUT2D eigenvalue weighted by molar-refractivity contribution is 5.92. The van der Waals surface area contributed by atoms with E-state index < -0.39 is 42.1 Å². The number of ketones is 2. The Morgan fingerprint density at radius 3 is 1.43 bits per heavy atom. The van der Waals surface area contributed by atoms with Crippen molar-refractivity contribution in [2.75, 3.05) is 79.1 Å². The standard InChI is InChI=1S/C47H87N5O15/c1-47(2,48)40(55)33-37(39(54)34-53)19-17-18-24-49-43(58)35-66-31-30-65-28-26-51-44(59)36-67-32-29-64-27-25-50-41(56)23-22-38(46(62)63)52-42(57)20-15-13-11-9-7-5-3-4-6-8-10-12-14-16-21-45(60)61/h37-38,46,53,62-63H,3-36,48H2,1-2H3,(H,49,58)(H,50,56)(H,51,59)(H,52,57)(H,60,61)/t37-,38+/m1/s1. The van der Waals surface area contributed by atoms with E-state index >= 15 is 0 Å². The smallest absolute Gasteiger partial charge is 0.303 e. The molecule has 0 spiro atoms. The first-order valence-electron chi connectivity index (χ1n) is 24.5. The zero-order chi connectivity index (χ0) is 50.0. The van der Waals surface area contributed by atoms with Gasteiger partial charge in [0.05, 0.1) is 51.2 Å². The molecule has 0 rings (SSSR count). The molecule has 390 valence electrons. The number of carboxylic acid groups (broad SMARTS) is 1. The second-order valence-corrected chi connectivity index (χ2v) is 17.5. The summed E-state index contributed by atoms with van der Waals surface area (Å²) in [6.07, 6.45) is 15.5. The van der Waals surface area contributed by atoms with E-state index in [1.165, 1.54) is 44.9 Å². The third-order valence-electron chi connectivity index (χ3n) is 10.8. The number of unbranched alkanes of at least 4 members (excludes halogenated alkanes) is 14. The summed E-state index contributed by atoms with van der Waals surface area (Å²) in [5.74, 6) is -3.23. The summed E-state index contributed by atoms with van der Waals surface area (Å²) in [5, 5.41) is 48.0. The van der Waals surface area contributed by atoms with Gasteiger partial charge in [-0.2, -0.15) is 0 Å². The highest BCUT2D eigenvalue weighted by Gasteiger charge is 2.28. The molecule has 0 bridgehead atoms. The third-order valence-corrected chi connectivity index (χ3v) is 10.8. The minimum atomic E-state index is -1.79. The maximum absolute atomic E-state index is 12.4. The predicted octanol–water partition coefficient (Wildman–Crippen LogP) is 2.35. The molecule has 0 aromatic carbocycles. The van der Waals surface area contributed by atoms with Crippen LogP contribution in [-0.4, -0.2) is 159 Å². The Balaban J connectivity index is 3.73. The molecule has 20 nitrogen and oxygen atoms in total. The highest BCUT2D eigenvalue weighted by Crippen LogP contribution is 2.18. The Morgan fingerprint density at radius 1 is 0.522 bits per heavy atom. The molecular weight excluding hydrogens is 875 g/mol. The van der Waals surface area contributed by atoms with Crippen molar-refractivity contribution < 1.29 is 72.9 Å². The fourth-order valence-corrected chi connectivity index (χ4v) is 6.77. The Hall–Kier alpha value is -3.63. The number of nitrogens with one attached hydrogen (secondary N) is 4. The molecule has 20 heteroatoms. The molecule has 10 N–H and O–H groups in total. The van der Waals surface area contributed by atoms with E-state index in [-0.39, 0.29) is 127 Å². The molecule has 0 aromatic rings. The van der Waals surface area contributed by atoms with Crippen molar-refractivity contribution >= 4 is 41.2 Å². The molecule has 0 heterocycles. The molecule has 0 saturated heterocycles. The van der Waals surface area contributed by atoms with Crippen LogP contribution < -0.4 is 27.0 Å². The average Bonchev–Trinajstić information content (AvgIpc) is 3.27. The minimum Gasteiger partial charge on any atom is -0.481 e. The normalized spacial score (nSPS) is 12.4. The number of aliphatic carboxylic acids is 1. The highest BCUT2D eigenvalue weighted by atomic mass is 16.5. The van der Waals surface area contributed by atoms with E-state index in [1.54, 1.807) is 13.8 Å². The molecule has 0 aliphatic heterocycles. The lowest BCUT2D eigenvalue weighted by molar-refractivity contribution is -0.137. The molecular formula is C47H87N5O15. The monoisotopic (exact) mass is 962 g/mol. The fraction of sp³-hybridized carbons (Fsp3) is 0.851. The number of carbonyl (C=O) groups is 7. The van der Waals surface area contributed by atoms with Crippen LogP contribution in [0.2, 0.25) is 0 Å². The number of amides is 4. The molecule has 0 saturated carbocycles. The number of ether oxygens (including phenoxy) is 4. The van der Waals surface area contributed by atoms with Crippen LogP contribution in [0.4, 0.5) is 0 Å². The van der Waals surface area contributed by atoms with Crippen molar-refractivity contribution in [3.63, 3.8) is 0 Å². The van der Waals surface area contributed by atoms with Crippen LogP contribution in [0.3, 0.4) is 0 Å². The number of hydrogen-bond acceptors (Lipinski definition) is 15. The van der Waals surface area contributed by atoms with Crippen LogP contribution in [0.25, 0.3) is 0 Å². The molecule has 0 fully saturated rings. The number of aliphatic hydroxyl groups excluding tert-OH is 2. The van der Waals surface area contributed by atoms with Gasteiger partial charge in [-0.25, -0.2) is 0 Å². The van der Waals surface area contributed by atoms with Gasteiger partial charge in [0.1, 0.15) is 19.8 Å².